The molecule has 2 unspecified atom stereocenters. The molecule has 1 aliphatic heterocycles. The molecule has 1 aliphatic rings. The summed E-state index contributed by atoms with van der Waals surface area (Å²) in [6, 6.07) is 0. The van der Waals surface area contributed by atoms with Gasteiger partial charge in [0.05, 0.1) is 10.8 Å². The van der Waals surface area contributed by atoms with Gasteiger partial charge >= 0.3 is 10.5 Å². The lowest BCUT2D eigenvalue weighted by atomic mass is 10.1. The summed E-state index contributed by atoms with van der Waals surface area (Å²) >= 11 is 0. The van der Waals surface area contributed by atoms with E-state index in [-0.39, 0.29) is 31.3 Å². The summed E-state index contributed by atoms with van der Waals surface area (Å²) in [6.45, 7) is 4.02. The van der Waals surface area contributed by atoms with Crippen LogP contribution in [0.25, 0.3) is 0 Å². The minimum absolute atomic E-state index is 0.00912. The van der Waals surface area contributed by atoms with Gasteiger partial charge in [0.25, 0.3) is 6.17 Å². The third-order valence-electron chi connectivity index (χ3n) is 4.66. The van der Waals surface area contributed by atoms with Crippen molar-refractivity contribution in [1.29, 1.82) is 0 Å². The predicted molar refractivity (Wildman–Crippen MR) is 99.6 cm³/mol. The molecule has 0 aromatic rings. The molecule has 11 heteroatoms. The standard InChI is InChI=1S/C16H28F5NO3S2/c1-4-13(5-2)26(23)15(18,19)14(17)16(20,21)27(24,25)11-12-7-6-9-22(3)10-8-12/h11,13-14,24-25H,4-10H2,1-3H3/b12-11-. The fourth-order valence-corrected chi connectivity index (χ4v) is 5.63. The van der Waals surface area contributed by atoms with E-state index in [4.69, 9.17) is 0 Å². The molecule has 0 amide bonds. The zero-order valence-corrected chi connectivity index (χ0v) is 17.3. The van der Waals surface area contributed by atoms with Crippen LogP contribution in [0, 0.1) is 0 Å². The molecule has 4 nitrogen and oxygen atoms in total. The first-order valence-electron chi connectivity index (χ1n) is 8.77. The molecule has 1 heterocycles. The highest BCUT2D eigenvalue weighted by atomic mass is 32.3. The van der Waals surface area contributed by atoms with Crippen molar-refractivity contribution in [3.63, 3.8) is 0 Å². The van der Waals surface area contributed by atoms with E-state index in [2.05, 4.69) is 0 Å². The maximum atomic E-state index is 14.3. The smallest absolute Gasteiger partial charge is 0.306 e. The Hall–Kier alpha value is -0.230. The molecule has 2 atom stereocenters. The predicted octanol–water partition coefficient (Wildman–Crippen LogP) is 5.20. The molecule has 0 aromatic carbocycles. The molecule has 2 N–H and O–H groups in total. The lowest BCUT2D eigenvalue weighted by molar-refractivity contribution is -0.0980. The van der Waals surface area contributed by atoms with Gasteiger partial charge in [0.15, 0.2) is 0 Å². The first-order valence-corrected chi connectivity index (χ1v) is 11.6. The Balaban J connectivity index is 3.11. The van der Waals surface area contributed by atoms with Crippen molar-refractivity contribution in [2.24, 2.45) is 0 Å². The molecule has 0 bridgehead atoms. The van der Waals surface area contributed by atoms with Gasteiger partial charge < -0.3 is 4.90 Å². The Morgan fingerprint density at radius 3 is 2.26 bits per heavy atom. The number of alkyl halides is 5. The van der Waals surface area contributed by atoms with Crippen LogP contribution in [-0.4, -0.2) is 60.3 Å². The van der Waals surface area contributed by atoms with Crippen molar-refractivity contribution in [3.05, 3.63) is 11.0 Å². The summed E-state index contributed by atoms with van der Waals surface area (Å²) in [4.78, 5) is 1.91. The van der Waals surface area contributed by atoms with E-state index in [0.717, 1.165) is 0 Å². The van der Waals surface area contributed by atoms with Crippen LogP contribution in [0.5, 0.6) is 0 Å². The molecule has 1 rings (SSSR count). The first-order chi connectivity index (χ1) is 12.3. The minimum Gasteiger partial charge on any atom is -0.306 e. The topological polar surface area (TPSA) is 60.8 Å². The highest BCUT2D eigenvalue weighted by molar-refractivity contribution is 8.27. The van der Waals surface area contributed by atoms with E-state index in [1.165, 1.54) is 13.8 Å². The Morgan fingerprint density at radius 2 is 1.74 bits per heavy atom. The van der Waals surface area contributed by atoms with Gasteiger partial charge in [-0.25, -0.2) is 4.39 Å². The molecular formula is C16H28F5NO3S2. The monoisotopic (exact) mass is 441 g/mol. The van der Waals surface area contributed by atoms with Crippen LogP contribution in [0.2, 0.25) is 0 Å². The summed E-state index contributed by atoms with van der Waals surface area (Å²) in [6.07, 6.45) is -3.20. The Kier molecular flexibility index (Phi) is 8.74. The molecule has 0 aliphatic carbocycles. The second-order valence-corrected chi connectivity index (χ2v) is 10.5. The van der Waals surface area contributed by atoms with Crippen LogP contribution in [0.4, 0.5) is 22.0 Å². The van der Waals surface area contributed by atoms with E-state index in [1.807, 2.05) is 4.90 Å². The number of hydrogen-bond donors (Lipinski definition) is 2. The fraction of sp³-hybridized carbons (Fsp3) is 0.875. The van der Waals surface area contributed by atoms with Crippen LogP contribution in [-0.2, 0) is 10.8 Å². The van der Waals surface area contributed by atoms with Gasteiger partial charge in [-0.3, -0.25) is 13.3 Å². The zero-order valence-electron chi connectivity index (χ0n) is 15.6. The molecule has 27 heavy (non-hydrogen) atoms. The first kappa shape index (κ1) is 24.8. The van der Waals surface area contributed by atoms with Crippen LogP contribution in [0.3, 0.4) is 0 Å². The van der Waals surface area contributed by atoms with Gasteiger partial charge in [0, 0.05) is 17.2 Å². The number of rotatable bonds is 8. The fourth-order valence-electron chi connectivity index (χ4n) is 2.84. The van der Waals surface area contributed by atoms with Crippen LogP contribution in [0.15, 0.2) is 11.0 Å². The Labute approximate surface area is 161 Å². The Bertz CT molecular complexity index is 556. The lowest BCUT2D eigenvalue weighted by Gasteiger charge is -2.40. The molecule has 0 saturated carbocycles. The molecule has 1 saturated heterocycles. The van der Waals surface area contributed by atoms with Crippen LogP contribution in [0.1, 0.15) is 46.0 Å². The molecule has 0 spiro atoms. The zero-order chi connectivity index (χ0) is 21.0. The van der Waals surface area contributed by atoms with E-state index < -0.39 is 43.3 Å². The van der Waals surface area contributed by atoms with Crippen LogP contribution >= 0.6 is 10.6 Å². The minimum atomic E-state index is -5.16. The summed E-state index contributed by atoms with van der Waals surface area (Å²) in [7, 11) is -6.56. The SMILES string of the molecule is CCC(CC)S(=O)C(F)(F)C(F)C(F)(F)S(O)(O)/C=C1/CCCN(C)CC1. The number of nitrogens with zero attached hydrogens (tertiary/aromatic N) is 1. The molecule has 0 aromatic heterocycles. The Morgan fingerprint density at radius 1 is 1.19 bits per heavy atom. The lowest BCUT2D eigenvalue weighted by Crippen LogP contribution is -2.50. The van der Waals surface area contributed by atoms with Gasteiger partial charge in [-0.2, -0.15) is 17.6 Å². The van der Waals surface area contributed by atoms with E-state index in [1.54, 1.807) is 7.05 Å². The largest absolute Gasteiger partial charge is 0.378 e. The quantitative estimate of drug-likeness (QED) is 0.509. The van der Waals surface area contributed by atoms with Gasteiger partial charge in [0.1, 0.15) is 0 Å². The maximum Gasteiger partial charge on any atom is 0.378 e. The van der Waals surface area contributed by atoms with Gasteiger partial charge in [-0.15, -0.1) is 10.6 Å². The van der Waals surface area contributed by atoms with E-state index >= 15 is 0 Å². The average Bonchev–Trinajstić information content (AvgIpc) is 2.78. The number of halogens is 5. The van der Waals surface area contributed by atoms with Gasteiger partial charge in [0.2, 0.25) is 0 Å². The van der Waals surface area contributed by atoms with Crippen molar-refractivity contribution >= 4 is 21.4 Å². The summed E-state index contributed by atoms with van der Waals surface area (Å²) in [5, 5.41) is -10.8. The number of hydrogen-bond acceptors (Lipinski definition) is 4. The maximum absolute atomic E-state index is 14.3. The molecular weight excluding hydrogens is 413 g/mol. The van der Waals surface area contributed by atoms with E-state index in [9.17, 15) is 35.3 Å². The third-order valence-corrected chi connectivity index (χ3v) is 8.34. The van der Waals surface area contributed by atoms with Crippen molar-refractivity contribution in [1.82, 2.24) is 4.90 Å². The average molecular weight is 442 g/mol. The third kappa shape index (κ3) is 5.65. The van der Waals surface area contributed by atoms with Gasteiger partial charge in [-0.05, 0) is 45.7 Å². The van der Waals surface area contributed by atoms with Crippen molar-refractivity contribution in [3.8, 4) is 0 Å². The molecule has 0 radical (unpaired) electrons. The summed E-state index contributed by atoms with van der Waals surface area (Å²) in [5.74, 6) is 0. The summed E-state index contributed by atoms with van der Waals surface area (Å²) in [5.41, 5.74) is 0.260. The second kappa shape index (κ2) is 9.51. The van der Waals surface area contributed by atoms with Gasteiger partial charge in [-0.1, -0.05) is 19.4 Å². The van der Waals surface area contributed by atoms with Crippen molar-refractivity contribution < 1.29 is 35.3 Å². The highest BCUT2D eigenvalue weighted by Crippen LogP contribution is 2.61. The van der Waals surface area contributed by atoms with Crippen molar-refractivity contribution in [2.45, 2.75) is 67.9 Å². The highest BCUT2D eigenvalue weighted by Gasteiger charge is 2.65. The van der Waals surface area contributed by atoms with Crippen molar-refractivity contribution in [2.75, 3.05) is 20.1 Å². The van der Waals surface area contributed by atoms with Crippen LogP contribution < -0.4 is 0 Å². The molecule has 1 fully saturated rings. The second-order valence-electron chi connectivity index (χ2n) is 6.75. The van der Waals surface area contributed by atoms with E-state index in [0.29, 0.717) is 24.9 Å². The molecule has 162 valence electrons. The summed E-state index contributed by atoms with van der Waals surface area (Å²) < 4.78 is 103. The normalized spacial score (nSPS) is 22.7. The number of likely N-dealkylation sites (tertiary alicyclic amines) is 1.